The zero-order valence-corrected chi connectivity index (χ0v) is 11.6. The highest BCUT2D eigenvalue weighted by atomic mass is 35.5. The quantitative estimate of drug-likeness (QED) is 0.889. The first kappa shape index (κ1) is 13.4. The Morgan fingerprint density at radius 2 is 2.05 bits per heavy atom. The zero-order valence-electron chi connectivity index (χ0n) is 10.0. The molecule has 0 saturated heterocycles. The van der Waals surface area contributed by atoms with Gasteiger partial charge in [0.05, 0.1) is 10.6 Å². The van der Waals surface area contributed by atoms with Crippen molar-refractivity contribution in [2.75, 3.05) is 11.1 Å². The molecule has 19 heavy (non-hydrogen) atoms. The van der Waals surface area contributed by atoms with Crippen LogP contribution < -0.4 is 11.1 Å². The van der Waals surface area contributed by atoms with Crippen molar-refractivity contribution < 1.29 is 4.79 Å². The van der Waals surface area contributed by atoms with E-state index in [9.17, 15) is 10.1 Å². The van der Waals surface area contributed by atoms with Gasteiger partial charge < -0.3 is 11.1 Å². The van der Waals surface area contributed by atoms with Crippen LogP contribution in [0.15, 0.2) is 24.3 Å². The Morgan fingerprint density at radius 3 is 2.58 bits per heavy atom. The van der Waals surface area contributed by atoms with E-state index in [1.54, 1.807) is 24.3 Å². The van der Waals surface area contributed by atoms with E-state index < -0.39 is 0 Å². The standard InChI is InChI=1S/C13H10ClN3OS/c1-7(18)17-13-10(6-15)11(12(16)19-13)8-2-4-9(14)5-3-8/h2-5H,16H2,1H3,(H,17,18). The maximum Gasteiger partial charge on any atom is 0.221 e. The Kier molecular flexibility index (Phi) is 3.74. The number of nitrogens with zero attached hydrogens (tertiary/aromatic N) is 1. The van der Waals surface area contributed by atoms with Crippen LogP contribution in [0.5, 0.6) is 0 Å². The van der Waals surface area contributed by atoms with E-state index in [2.05, 4.69) is 11.4 Å². The van der Waals surface area contributed by atoms with Crippen molar-refractivity contribution in [3.05, 3.63) is 34.9 Å². The fourth-order valence-corrected chi connectivity index (χ4v) is 2.82. The number of anilines is 2. The van der Waals surface area contributed by atoms with Crippen LogP contribution in [0.1, 0.15) is 12.5 Å². The topological polar surface area (TPSA) is 78.9 Å². The molecule has 2 rings (SSSR count). The minimum Gasteiger partial charge on any atom is -0.390 e. The predicted molar refractivity (Wildman–Crippen MR) is 78.2 cm³/mol. The summed E-state index contributed by atoms with van der Waals surface area (Å²) in [4.78, 5) is 11.1. The number of carbonyl (C=O) groups is 1. The molecular formula is C13H10ClN3OS. The van der Waals surface area contributed by atoms with Crippen molar-refractivity contribution in [3.8, 4) is 17.2 Å². The molecule has 96 valence electrons. The van der Waals surface area contributed by atoms with Crippen LogP contribution in [0.4, 0.5) is 10.0 Å². The molecule has 0 aliphatic rings. The summed E-state index contributed by atoms with van der Waals surface area (Å²) in [5, 5.41) is 13.5. The van der Waals surface area contributed by atoms with Crippen molar-refractivity contribution in [2.24, 2.45) is 0 Å². The summed E-state index contributed by atoms with van der Waals surface area (Å²) in [5.41, 5.74) is 7.75. The average molecular weight is 292 g/mol. The number of rotatable bonds is 2. The minimum atomic E-state index is -0.236. The molecule has 1 aromatic carbocycles. The summed E-state index contributed by atoms with van der Waals surface area (Å²) in [6.07, 6.45) is 0. The van der Waals surface area contributed by atoms with Gasteiger partial charge in [0.2, 0.25) is 5.91 Å². The molecule has 0 fully saturated rings. The molecule has 1 amide bonds. The molecule has 0 radical (unpaired) electrons. The second-order valence-corrected chi connectivity index (χ2v) is 5.33. The molecule has 1 aromatic heterocycles. The Balaban J connectivity index is 2.57. The van der Waals surface area contributed by atoms with Gasteiger partial charge in [0, 0.05) is 17.5 Å². The van der Waals surface area contributed by atoms with Crippen molar-refractivity contribution in [1.29, 1.82) is 5.26 Å². The summed E-state index contributed by atoms with van der Waals surface area (Å²) in [6.45, 7) is 1.39. The number of nitrogens with one attached hydrogen (secondary N) is 1. The van der Waals surface area contributed by atoms with E-state index in [1.807, 2.05) is 0 Å². The highest BCUT2D eigenvalue weighted by molar-refractivity contribution is 7.20. The lowest BCUT2D eigenvalue weighted by atomic mass is 10.0. The molecule has 0 aliphatic carbocycles. The highest BCUT2D eigenvalue weighted by Gasteiger charge is 2.18. The number of nitrogens with two attached hydrogens (primary N) is 1. The van der Waals surface area contributed by atoms with E-state index in [1.165, 1.54) is 18.3 Å². The van der Waals surface area contributed by atoms with E-state index in [0.717, 1.165) is 5.56 Å². The van der Waals surface area contributed by atoms with Crippen LogP contribution in [0.3, 0.4) is 0 Å². The summed E-state index contributed by atoms with van der Waals surface area (Å²) in [5.74, 6) is -0.236. The van der Waals surface area contributed by atoms with Crippen LogP contribution in [-0.4, -0.2) is 5.91 Å². The third-order valence-corrected chi connectivity index (χ3v) is 3.66. The molecule has 2 aromatic rings. The van der Waals surface area contributed by atoms with Gasteiger partial charge in [-0.3, -0.25) is 4.79 Å². The van der Waals surface area contributed by atoms with Crippen molar-refractivity contribution >= 4 is 38.8 Å². The first-order valence-corrected chi connectivity index (χ1v) is 6.58. The predicted octanol–water partition coefficient (Wildman–Crippen LogP) is 3.48. The molecule has 1 heterocycles. The van der Waals surface area contributed by atoms with E-state index >= 15 is 0 Å². The summed E-state index contributed by atoms with van der Waals surface area (Å²) >= 11 is 7.02. The van der Waals surface area contributed by atoms with E-state index in [0.29, 0.717) is 26.2 Å². The van der Waals surface area contributed by atoms with Gasteiger partial charge >= 0.3 is 0 Å². The van der Waals surface area contributed by atoms with Gasteiger partial charge in [0.25, 0.3) is 0 Å². The number of hydrogen-bond donors (Lipinski definition) is 2. The Morgan fingerprint density at radius 1 is 1.42 bits per heavy atom. The normalized spacial score (nSPS) is 9.95. The van der Waals surface area contributed by atoms with Gasteiger partial charge in [-0.2, -0.15) is 5.26 Å². The van der Waals surface area contributed by atoms with Crippen LogP contribution in [0.25, 0.3) is 11.1 Å². The lowest BCUT2D eigenvalue weighted by molar-refractivity contribution is -0.114. The molecule has 3 N–H and O–H groups in total. The summed E-state index contributed by atoms with van der Waals surface area (Å²) in [6, 6.07) is 9.13. The maximum absolute atomic E-state index is 11.1. The van der Waals surface area contributed by atoms with Gasteiger partial charge in [0.15, 0.2) is 0 Å². The van der Waals surface area contributed by atoms with Crippen LogP contribution >= 0.6 is 22.9 Å². The van der Waals surface area contributed by atoms with Gasteiger partial charge in [0.1, 0.15) is 11.1 Å². The molecule has 0 atom stereocenters. The average Bonchev–Trinajstić information content (AvgIpc) is 2.65. The number of nitrogen functional groups attached to an aromatic ring is 1. The molecule has 0 spiro atoms. The van der Waals surface area contributed by atoms with Crippen molar-refractivity contribution in [2.45, 2.75) is 6.92 Å². The Bertz CT molecular complexity index is 670. The molecule has 0 aliphatic heterocycles. The molecule has 4 nitrogen and oxygen atoms in total. The monoisotopic (exact) mass is 291 g/mol. The van der Waals surface area contributed by atoms with Crippen LogP contribution in [-0.2, 0) is 4.79 Å². The highest BCUT2D eigenvalue weighted by Crippen LogP contribution is 2.42. The molecule has 0 unspecified atom stereocenters. The molecule has 0 bridgehead atoms. The lowest BCUT2D eigenvalue weighted by Gasteiger charge is -2.02. The second kappa shape index (κ2) is 5.31. The summed E-state index contributed by atoms with van der Waals surface area (Å²) < 4.78 is 0. The number of benzene rings is 1. The van der Waals surface area contributed by atoms with Crippen molar-refractivity contribution in [3.63, 3.8) is 0 Å². The van der Waals surface area contributed by atoms with Gasteiger partial charge in [-0.25, -0.2) is 0 Å². The van der Waals surface area contributed by atoms with E-state index in [4.69, 9.17) is 17.3 Å². The second-order valence-electron chi connectivity index (χ2n) is 3.85. The fraction of sp³-hybridized carbons (Fsp3) is 0.0769. The van der Waals surface area contributed by atoms with Gasteiger partial charge in [-0.15, -0.1) is 0 Å². The number of amides is 1. The third-order valence-electron chi connectivity index (χ3n) is 2.47. The number of thiophene rings is 1. The first-order valence-electron chi connectivity index (χ1n) is 5.39. The first-order chi connectivity index (χ1) is 9.02. The van der Waals surface area contributed by atoms with Crippen molar-refractivity contribution in [1.82, 2.24) is 0 Å². The Hall–Kier alpha value is -2.03. The molecule has 0 saturated carbocycles. The minimum absolute atomic E-state index is 0.236. The smallest absolute Gasteiger partial charge is 0.221 e. The molecule has 6 heteroatoms. The molecular weight excluding hydrogens is 282 g/mol. The largest absolute Gasteiger partial charge is 0.390 e. The van der Waals surface area contributed by atoms with Crippen LogP contribution in [0, 0.1) is 11.3 Å². The van der Waals surface area contributed by atoms with Gasteiger partial charge in [-0.05, 0) is 17.7 Å². The van der Waals surface area contributed by atoms with Crippen LogP contribution in [0.2, 0.25) is 5.02 Å². The Labute approximate surface area is 119 Å². The number of hydrogen-bond acceptors (Lipinski definition) is 4. The SMILES string of the molecule is CC(=O)Nc1sc(N)c(-c2ccc(Cl)cc2)c1C#N. The number of halogens is 1. The summed E-state index contributed by atoms with van der Waals surface area (Å²) in [7, 11) is 0. The van der Waals surface area contributed by atoms with Gasteiger partial charge in [-0.1, -0.05) is 35.1 Å². The third kappa shape index (κ3) is 2.70. The lowest BCUT2D eigenvalue weighted by Crippen LogP contribution is -2.05. The van der Waals surface area contributed by atoms with E-state index in [-0.39, 0.29) is 5.91 Å². The number of carbonyl (C=O) groups excluding carboxylic acids is 1. The number of nitriles is 1. The fourth-order valence-electron chi connectivity index (χ4n) is 1.71. The maximum atomic E-state index is 11.1. The zero-order chi connectivity index (χ0) is 14.0.